The molecule has 2 N–H and O–H groups in total. The SMILES string of the molecule is NCCc1cncn1-c1ccccc1. The zero-order chi connectivity index (χ0) is 9.80. The van der Waals surface area contributed by atoms with Gasteiger partial charge in [-0.25, -0.2) is 4.98 Å². The third-order valence-electron chi connectivity index (χ3n) is 2.15. The summed E-state index contributed by atoms with van der Waals surface area (Å²) in [6.07, 6.45) is 4.54. The van der Waals surface area contributed by atoms with E-state index in [1.807, 2.05) is 30.7 Å². The van der Waals surface area contributed by atoms with Gasteiger partial charge in [-0.3, -0.25) is 0 Å². The largest absolute Gasteiger partial charge is 0.330 e. The molecule has 2 aromatic rings. The minimum absolute atomic E-state index is 0.651. The summed E-state index contributed by atoms with van der Waals surface area (Å²) in [5.41, 5.74) is 7.81. The van der Waals surface area contributed by atoms with Crippen LogP contribution in [0.5, 0.6) is 0 Å². The van der Waals surface area contributed by atoms with Gasteiger partial charge in [-0.05, 0) is 18.7 Å². The van der Waals surface area contributed by atoms with E-state index in [9.17, 15) is 0 Å². The van der Waals surface area contributed by atoms with Gasteiger partial charge in [-0.15, -0.1) is 0 Å². The van der Waals surface area contributed by atoms with Crippen LogP contribution in [0.15, 0.2) is 42.9 Å². The van der Waals surface area contributed by atoms with Gasteiger partial charge in [-0.2, -0.15) is 0 Å². The van der Waals surface area contributed by atoms with Gasteiger partial charge in [0.15, 0.2) is 0 Å². The second-order valence-corrected chi connectivity index (χ2v) is 3.13. The van der Waals surface area contributed by atoms with E-state index in [-0.39, 0.29) is 0 Å². The molecule has 0 saturated heterocycles. The summed E-state index contributed by atoms with van der Waals surface area (Å²) in [5.74, 6) is 0. The van der Waals surface area contributed by atoms with Crippen LogP contribution >= 0.6 is 0 Å². The minimum Gasteiger partial charge on any atom is -0.330 e. The zero-order valence-electron chi connectivity index (χ0n) is 7.93. The normalized spacial score (nSPS) is 10.4. The molecule has 3 heteroatoms. The van der Waals surface area contributed by atoms with Crippen LogP contribution in [0.4, 0.5) is 0 Å². The molecule has 0 amide bonds. The molecule has 0 aliphatic rings. The fraction of sp³-hybridized carbons (Fsp3) is 0.182. The molecule has 0 spiro atoms. The molecule has 14 heavy (non-hydrogen) atoms. The highest BCUT2D eigenvalue weighted by atomic mass is 15.0. The molecular weight excluding hydrogens is 174 g/mol. The lowest BCUT2D eigenvalue weighted by Crippen LogP contribution is -2.07. The number of benzene rings is 1. The standard InChI is InChI=1S/C11H13N3/c12-7-6-11-8-13-9-14(11)10-4-2-1-3-5-10/h1-5,8-9H,6-7,12H2. The summed E-state index contributed by atoms with van der Waals surface area (Å²) in [6.45, 7) is 0.651. The number of hydrogen-bond donors (Lipinski definition) is 1. The molecule has 0 atom stereocenters. The van der Waals surface area contributed by atoms with E-state index in [0.717, 1.165) is 17.8 Å². The van der Waals surface area contributed by atoms with Crippen LogP contribution in [0.25, 0.3) is 5.69 Å². The van der Waals surface area contributed by atoms with E-state index in [2.05, 4.69) is 21.7 Å². The van der Waals surface area contributed by atoms with Gasteiger partial charge in [-0.1, -0.05) is 18.2 Å². The number of hydrogen-bond acceptors (Lipinski definition) is 2. The topological polar surface area (TPSA) is 43.8 Å². The maximum Gasteiger partial charge on any atom is 0.0994 e. The van der Waals surface area contributed by atoms with Gasteiger partial charge in [0.25, 0.3) is 0 Å². The molecule has 2 rings (SSSR count). The van der Waals surface area contributed by atoms with Gasteiger partial charge >= 0.3 is 0 Å². The lowest BCUT2D eigenvalue weighted by atomic mass is 10.3. The fourth-order valence-corrected chi connectivity index (χ4v) is 1.48. The molecule has 0 aliphatic carbocycles. The highest BCUT2D eigenvalue weighted by molar-refractivity contribution is 5.33. The Labute approximate surface area is 83.2 Å². The van der Waals surface area contributed by atoms with Crippen molar-refractivity contribution in [2.45, 2.75) is 6.42 Å². The van der Waals surface area contributed by atoms with Gasteiger partial charge in [0.05, 0.1) is 6.33 Å². The number of rotatable bonds is 3. The van der Waals surface area contributed by atoms with Crippen molar-refractivity contribution < 1.29 is 0 Å². The van der Waals surface area contributed by atoms with Crippen molar-refractivity contribution in [1.29, 1.82) is 0 Å². The van der Waals surface area contributed by atoms with Gasteiger partial charge < -0.3 is 10.3 Å². The lowest BCUT2D eigenvalue weighted by molar-refractivity contribution is 0.874. The lowest BCUT2D eigenvalue weighted by Gasteiger charge is -2.06. The third kappa shape index (κ3) is 1.67. The summed E-state index contributed by atoms with van der Waals surface area (Å²) in [5, 5.41) is 0. The van der Waals surface area contributed by atoms with E-state index in [4.69, 9.17) is 5.73 Å². The van der Waals surface area contributed by atoms with Crippen LogP contribution in [-0.4, -0.2) is 16.1 Å². The first kappa shape index (κ1) is 8.97. The highest BCUT2D eigenvalue weighted by Crippen LogP contribution is 2.10. The molecule has 72 valence electrons. The molecule has 0 fully saturated rings. The Kier molecular flexibility index (Phi) is 2.60. The van der Waals surface area contributed by atoms with Crippen molar-refractivity contribution in [1.82, 2.24) is 9.55 Å². The molecule has 1 aromatic carbocycles. The Hall–Kier alpha value is -1.61. The quantitative estimate of drug-likeness (QED) is 0.788. The van der Waals surface area contributed by atoms with Crippen molar-refractivity contribution >= 4 is 0 Å². The molecule has 0 bridgehead atoms. The van der Waals surface area contributed by atoms with E-state index in [1.165, 1.54) is 0 Å². The first-order valence-corrected chi connectivity index (χ1v) is 4.68. The Morgan fingerprint density at radius 3 is 2.71 bits per heavy atom. The van der Waals surface area contributed by atoms with Gasteiger partial charge in [0.1, 0.15) is 0 Å². The monoisotopic (exact) mass is 187 g/mol. The van der Waals surface area contributed by atoms with Crippen LogP contribution in [0.1, 0.15) is 5.69 Å². The average Bonchev–Trinajstić information content (AvgIpc) is 2.68. The molecular formula is C11H13N3. The van der Waals surface area contributed by atoms with Gasteiger partial charge in [0.2, 0.25) is 0 Å². The maximum absolute atomic E-state index is 5.53. The highest BCUT2D eigenvalue weighted by Gasteiger charge is 2.01. The van der Waals surface area contributed by atoms with Crippen LogP contribution < -0.4 is 5.73 Å². The molecule has 0 saturated carbocycles. The maximum atomic E-state index is 5.53. The van der Waals surface area contributed by atoms with Crippen LogP contribution in [0, 0.1) is 0 Å². The van der Waals surface area contributed by atoms with Crippen LogP contribution in [0.3, 0.4) is 0 Å². The summed E-state index contributed by atoms with van der Waals surface area (Å²) in [7, 11) is 0. The smallest absolute Gasteiger partial charge is 0.0994 e. The zero-order valence-corrected chi connectivity index (χ0v) is 7.93. The second kappa shape index (κ2) is 4.07. The van der Waals surface area contributed by atoms with Crippen molar-refractivity contribution in [3.63, 3.8) is 0 Å². The summed E-state index contributed by atoms with van der Waals surface area (Å²) in [6, 6.07) is 10.1. The van der Waals surface area contributed by atoms with E-state index in [1.54, 1.807) is 0 Å². The molecule has 0 unspecified atom stereocenters. The summed E-state index contributed by atoms with van der Waals surface area (Å²) < 4.78 is 2.06. The molecule has 0 aliphatic heterocycles. The Bertz CT molecular complexity index is 392. The summed E-state index contributed by atoms with van der Waals surface area (Å²) in [4.78, 5) is 4.12. The van der Waals surface area contributed by atoms with Crippen molar-refractivity contribution in [2.24, 2.45) is 5.73 Å². The number of para-hydroxylation sites is 1. The second-order valence-electron chi connectivity index (χ2n) is 3.13. The first-order chi connectivity index (χ1) is 6.92. The average molecular weight is 187 g/mol. The number of aromatic nitrogens is 2. The Balaban J connectivity index is 2.37. The molecule has 1 aromatic heterocycles. The van der Waals surface area contributed by atoms with Gasteiger partial charge in [0, 0.05) is 24.0 Å². The van der Waals surface area contributed by atoms with Crippen LogP contribution in [-0.2, 0) is 6.42 Å². The summed E-state index contributed by atoms with van der Waals surface area (Å²) >= 11 is 0. The fourth-order valence-electron chi connectivity index (χ4n) is 1.48. The van der Waals surface area contributed by atoms with Crippen LogP contribution in [0.2, 0.25) is 0 Å². The first-order valence-electron chi connectivity index (χ1n) is 4.68. The molecule has 3 nitrogen and oxygen atoms in total. The number of nitrogens with zero attached hydrogens (tertiary/aromatic N) is 2. The molecule has 0 radical (unpaired) electrons. The Morgan fingerprint density at radius 1 is 1.21 bits per heavy atom. The molecule has 1 heterocycles. The van der Waals surface area contributed by atoms with Crippen molar-refractivity contribution in [3.05, 3.63) is 48.5 Å². The predicted molar refractivity (Wildman–Crippen MR) is 56.3 cm³/mol. The predicted octanol–water partition coefficient (Wildman–Crippen LogP) is 1.37. The van der Waals surface area contributed by atoms with E-state index in [0.29, 0.717) is 6.54 Å². The number of imidazole rings is 1. The Morgan fingerprint density at radius 2 is 2.00 bits per heavy atom. The minimum atomic E-state index is 0.651. The van der Waals surface area contributed by atoms with Crippen molar-refractivity contribution in [3.8, 4) is 5.69 Å². The van der Waals surface area contributed by atoms with E-state index < -0.39 is 0 Å². The van der Waals surface area contributed by atoms with Crippen molar-refractivity contribution in [2.75, 3.05) is 6.54 Å². The third-order valence-corrected chi connectivity index (χ3v) is 2.15. The number of nitrogens with two attached hydrogens (primary N) is 1. The van der Waals surface area contributed by atoms with E-state index >= 15 is 0 Å².